The highest BCUT2D eigenvalue weighted by Crippen LogP contribution is 1.82. The highest BCUT2D eigenvalue weighted by molar-refractivity contribution is 7.93. The molecule has 0 unspecified atom stereocenters. The molecule has 0 atom stereocenters. The average Bonchev–Trinajstić information content (AvgIpc) is 1.41. The van der Waals surface area contributed by atoms with Crippen LogP contribution in [0.3, 0.4) is 0 Å². The van der Waals surface area contributed by atoms with Gasteiger partial charge in [-0.25, -0.2) is 0 Å². The van der Waals surface area contributed by atoms with Gasteiger partial charge in [-0.1, -0.05) is 0 Å². The Morgan fingerprint density at radius 1 is 1.67 bits per heavy atom. The highest BCUT2D eigenvalue weighted by atomic mass is 35.5. The molecule has 0 saturated heterocycles. The minimum absolute atomic E-state index is 0. The zero-order valence-electron chi connectivity index (χ0n) is 3.26. The normalized spacial score (nSPS) is 7.00. The summed E-state index contributed by atoms with van der Waals surface area (Å²) in [7, 11) is 0. The van der Waals surface area contributed by atoms with Gasteiger partial charge in [-0.15, -0.1) is 12.4 Å². The van der Waals surface area contributed by atoms with Crippen molar-refractivity contribution in [2.24, 2.45) is 5.73 Å². The lowest BCUT2D eigenvalue weighted by Crippen LogP contribution is -1.99. The van der Waals surface area contributed by atoms with Crippen LogP contribution in [0.4, 0.5) is 0 Å². The Bertz CT molecular complexity index is 21.0. The van der Waals surface area contributed by atoms with Crippen molar-refractivity contribution in [3.63, 3.8) is 0 Å². The Kier molecular flexibility index (Phi) is 14.8. The first-order valence-electron chi connectivity index (χ1n) is 1.38. The summed E-state index contributed by atoms with van der Waals surface area (Å²) in [5, 5.41) is 0. The summed E-state index contributed by atoms with van der Waals surface area (Å²) in [5.41, 5.74) is 4.96. The van der Waals surface area contributed by atoms with Crippen LogP contribution in [0.2, 0.25) is 0 Å². The van der Waals surface area contributed by atoms with Crippen LogP contribution in [0, 0.1) is 0 Å². The molecule has 0 aliphatic carbocycles. The molecule has 0 heterocycles. The van der Waals surface area contributed by atoms with Gasteiger partial charge in [0, 0.05) is 12.3 Å². The van der Waals surface area contributed by atoms with Gasteiger partial charge in [0.15, 0.2) is 0 Å². The summed E-state index contributed by atoms with van der Waals surface area (Å²) in [5.74, 6) is 0.639. The molecule has 0 aromatic carbocycles. The van der Waals surface area contributed by atoms with Crippen LogP contribution < -0.4 is 5.73 Å². The Balaban J connectivity index is 0. The van der Waals surface area contributed by atoms with Gasteiger partial charge in [0.25, 0.3) is 0 Å². The fourth-order valence-electron chi connectivity index (χ4n) is 0.0527. The minimum Gasteiger partial charge on any atom is -0.330 e. The fraction of sp³-hybridized carbons (Fsp3) is 1.00. The van der Waals surface area contributed by atoms with Gasteiger partial charge in [-0.3, -0.25) is 0 Å². The van der Waals surface area contributed by atoms with E-state index in [1.165, 1.54) is 0 Å². The molecule has 40 valence electrons. The first-order valence-corrected chi connectivity index (χ1v) is 2.32. The quantitative estimate of drug-likeness (QED) is 0.536. The van der Waals surface area contributed by atoms with Crippen molar-refractivity contribution in [3.8, 4) is 0 Å². The molecule has 0 aliphatic rings. The van der Waals surface area contributed by atoms with E-state index in [-0.39, 0.29) is 12.4 Å². The SMILES string of the molecule is Cl.NCCSO. The maximum absolute atomic E-state index is 7.90. The van der Waals surface area contributed by atoms with E-state index in [2.05, 4.69) is 0 Å². The lowest BCUT2D eigenvalue weighted by Gasteiger charge is -1.79. The maximum Gasteiger partial charge on any atom is 0.0318 e. The second-order valence-electron chi connectivity index (χ2n) is 0.622. The Morgan fingerprint density at radius 2 is 2.17 bits per heavy atom. The fourth-order valence-corrected chi connectivity index (χ4v) is 0.158. The third-order valence-corrected chi connectivity index (χ3v) is 0.627. The van der Waals surface area contributed by atoms with Crippen molar-refractivity contribution < 1.29 is 4.55 Å². The molecular formula is C2H8ClNOS. The molecule has 0 rings (SSSR count). The molecule has 6 heavy (non-hydrogen) atoms. The van der Waals surface area contributed by atoms with E-state index in [1.54, 1.807) is 0 Å². The molecule has 4 heteroatoms. The second-order valence-corrected chi connectivity index (χ2v) is 1.29. The standard InChI is InChI=1S/C2H7NOS.ClH/c3-1-2-5-4;/h4H,1-3H2;1H. The summed E-state index contributed by atoms with van der Waals surface area (Å²) in [6.07, 6.45) is 0. The summed E-state index contributed by atoms with van der Waals surface area (Å²) in [6.45, 7) is 0.557. The number of hydrogen-bond donors (Lipinski definition) is 2. The average molecular weight is 130 g/mol. The number of rotatable bonds is 2. The summed E-state index contributed by atoms with van der Waals surface area (Å²) in [4.78, 5) is 0. The van der Waals surface area contributed by atoms with E-state index in [0.717, 1.165) is 12.0 Å². The largest absolute Gasteiger partial charge is 0.330 e. The number of halogens is 1. The van der Waals surface area contributed by atoms with Crippen molar-refractivity contribution in [1.29, 1.82) is 0 Å². The first kappa shape index (κ1) is 9.75. The van der Waals surface area contributed by atoms with Crippen LogP contribution >= 0.6 is 24.4 Å². The molecule has 0 aliphatic heterocycles. The van der Waals surface area contributed by atoms with E-state index < -0.39 is 0 Å². The molecule has 0 amide bonds. The molecule has 0 aromatic heterocycles. The van der Waals surface area contributed by atoms with Crippen LogP contribution in [-0.4, -0.2) is 16.9 Å². The van der Waals surface area contributed by atoms with E-state index >= 15 is 0 Å². The number of nitrogens with two attached hydrogens (primary N) is 1. The van der Waals surface area contributed by atoms with Crippen LogP contribution in [0.1, 0.15) is 0 Å². The van der Waals surface area contributed by atoms with Crippen molar-refractivity contribution in [3.05, 3.63) is 0 Å². The molecule has 0 saturated carbocycles. The summed E-state index contributed by atoms with van der Waals surface area (Å²) in [6, 6.07) is 0. The third-order valence-electron chi connectivity index (χ3n) is 0.209. The Labute approximate surface area is 47.7 Å². The predicted octanol–water partition coefficient (Wildman–Crippen LogP) is 0.573. The zero-order chi connectivity index (χ0) is 4.12. The van der Waals surface area contributed by atoms with Gasteiger partial charge in [0.2, 0.25) is 0 Å². The van der Waals surface area contributed by atoms with E-state index in [0.29, 0.717) is 12.3 Å². The molecule has 0 bridgehead atoms. The summed E-state index contributed by atoms with van der Waals surface area (Å²) < 4.78 is 7.90. The van der Waals surface area contributed by atoms with Crippen LogP contribution in [0.15, 0.2) is 0 Å². The van der Waals surface area contributed by atoms with Gasteiger partial charge < -0.3 is 10.3 Å². The first-order chi connectivity index (χ1) is 2.41. The predicted molar refractivity (Wildman–Crippen MR) is 31.4 cm³/mol. The van der Waals surface area contributed by atoms with Crippen LogP contribution in [0.5, 0.6) is 0 Å². The van der Waals surface area contributed by atoms with Crippen LogP contribution in [0.25, 0.3) is 0 Å². The van der Waals surface area contributed by atoms with E-state index in [1.807, 2.05) is 0 Å². The minimum atomic E-state index is 0. The van der Waals surface area contributed by atoms with Crippen molar-refractivity contribution in [1.82, 2.24) is 0 Å². The second kappa shape index (κ2) is 9.12. The topological polar surface area (TPSA) is 46.2 Å². The van der Waals surface area contributed by atoms with Gasteiger partial charge in [0.05, 0.1) is 0 Å². The van der Waals surface area contributed by atoms with Crippen LogP contribution in [-0.2, 0) is 0 Å². The van der Waals surface area contributed by atoms with E-state index in [9.17, 15) is 0 Å². The molecule has 2 nitrogen and oxygen atoms in total. The van der Waals surface area contributed by atoms with Crippen molar-refractivity contribution in [2.75, 3.05) is 12.3 Å². The van der Waals surface area contributed by atoms with Crippen molar-refractivity contribution >= 4 is 24.4 Å². The van der Waals surface area contributed by atoms with Gasteiger partial charge in [-0.2, -0.15) is 0 Å². The Hall–Kier alpha value is 0.560. The van der Waals surface area contributed by atoms with Crippen molar-refractivity contribution in [2.45, 2.75) is 0 Å². The van der Waals surface area contributed by atoms with Gasteiger partial charge >= 0.3 is 0 Å². The third kappa shape index (κ3) is 8.82. The van der Waals surface area contributed by atoms with E-state index in [4.69, 9.17) is 10.3 Å². The maximum atomic E-state index is 7.90. The number of hydrogen-bond acceptors (Lipinski definition) is 3. The molecule has 0 spiro atoms. The van der Waals surface area contributed by atoms with Gasteiger partial charge in [-0.05, 0) is 12.0 Å². The van der Waals surface area contributed by atoms with Gasteiger partial charge in [0.1, 0.15) is 0 Å². The molecule has 0 aromatic rings. The highest BCUT2D eigenvalue weighted by Gasteiger charge is 1.70. The lowest BCUT2D eigenvalue weighted by atomic mass is 10.8. The lowest BCUT2D eigenvalue weighted by molar-refractivity contribution is 0.663. The summed E-state index contributed by atoms with van der Waals surface area (Å²) >= 11 is 0.777. The molecule has 0 radical (unpaired) electrons. The Morgan fingerprint density at radius 3 is 2.17 bits per heavy atom. The zero-order valence-corrected chi connectivity index (χ0v) is 4.89. The molecular weight excluding hydrogens is 122 g/mol. The molecule has 3 N–H and O–H groups in total. The molecule has 0 fully saturated rings. The monoisotopic (exact) mass is 129 g/mol. The smallest absolute Gasteiger partial charge is 0.0318 e.